The number of carbonyl (C=O) groups excluding carboxylic acids is 1. The van der Waals surface area contributed by atoms with Crippen LogP contribution in [0.25, 0.3) is 0 Å². The normalized spacial score (nSPS) is 25.5. The molecule has 1 fully saturated rings. The van der Waals surface area contributed by atoms with Crippen LogP contribution in [0.3, 0.4) is 0 Å². The number of benzene rings is 2. The van der Waals surface area contributed by atoms with Gasteiger partial charge in [-0.2, -0.15) is 0 Å². The fourth-order valence-corrected chi connectivity index (χ4v) is 8.91. The van der Waals surface area contributed by atoms with Gasteiger partial charge in [-0.3, -0.25) is 4.79 Å². The van der Waals surface area contributed by atoms with Crippen molar-refractivity contribution in [2.75, 3.05) is 37.5 Å². The van der Waals surface area contributed by atoms with Crippen LogP contribution in [0.5, 0.6) is 5.75 Å². The Morgan fingerprint density at radius 1 is 1.32 bits per heavy atom. The number of fused-ring (bicyclic) bond motifs is 3. The number of allylic oxidation sites excluding steroid dienone is 2. The molecule has 2 N–H and O–H groups in total. The van der Waals surface area contributed by atoms with Gasteiger partial charge in [0.25, 0.3) is 5.91 Å². The number of amides is 1. The minimum Gasteiger partial charge on any atom is -0.490 e. The zero-order chi connectivity index (χ0) is 31.5. The van der Waals surface area contributed by atoms with Crippen LogP contribution in [0.15, 0.2) is 65.6 Å². The number of nitrogens with two attached hydrogens (primary N) is 1. The average Bonchev–Trinajstić information content (AvgIpc) is 3.13. The van der Waals surface area contributed by atoms with Crippen LogP contribution in [0.4, 0.5) is 5.69 Å². The highest BCUT2D eigenvalue weighted by Gasteiger charge is 2.44. The maximum absolute atomic E-state index is 13.4. The lowest BCUT2D eigenvalue weighted by atomic mass is 9.68. The summed E-state index contributed by atoms with van der Waals surface area (Å²) in [6.45, 7) is 9.98. The van der Waals surface area contributed by atoms with Gasteiger partial charge in [0.05, 0.1) is 18.4 Å². The van der Waals surface area contributed by atoms with Crippen molar-refractivity contribution in [2.24, 2.45) is 27.3 Å². The first kappa shape index (κ1) is 32.7. The minimum absolute atomic E-state index is 0.00239. The molecule has 5 rings (SSSR count). The number of nitrogens with zero attached hydrogens (tertiary/aromatic N) is 2. The third kappa shape index (κ3) is 7.09. The summed E-state index contributed by atoms with van der Waals surface area (Å²) < 4.78 is 29.5. The molecule has 7 nitrogen and oxygen atoms in total. The zero-order valence-corrected chi connectivity index (χ0v) is 27.7. The van der Waals surface area contributed by atoms with Gasteiger partial charge in [0.1, 0.15) is 15.7 Å². The number of carbonyl (C=O) groups is 1. The van der Waals surface area contributed by atoms with E-state index in [1.54, 1.807) is 13.2 Å². The van der Waals surface area contributed by atoms with Crippen LogP contribution in [0.1, 0.15) is 67.4 Å². The van der Waals surface area contributed by atoms with Gasteiger partial charge in [0.2, 0.25) is 0 Å². The van der Waals surface area contributed by atoms with Crippen molar-refractivity contribution >= 4 is 33.1 Å². The van der Waals surface area contributed by atoms with Gasteiger partial charge >= 0.3 is 0 Å². The van der Waals surface area contributed by atoms with E-state index in [2.05, 4.69) is 28.0 Å². The van der Waals surface area contributed by atoms with Crippen molar-refractivity contribution in [3.63, 3.8) is 0 Å². The Kier molecular flexibility index (Phi) is 10.2. The van der Waals surface area contributed by atoms with Crippen molar-refractivity contribution in [3.8, 4) is 5.75 Å². The molecule has 1 amide bonds. The molecule has 2 aliphatic carbocycles. The van der Waals surface area contributed by atoms with Gasteiger partial charge in [-0.15, -0.1) is 10.9 Å². The number of aryl methyl sites for hydroxylation is 1. The Balaban J connectivity index is 1.50. The fourth-order valence-electron chi connectivity index (χ4n) is 7.30. The standard InChI is InChI=1S/C35H46ClN3O4S/c1-5-7-9-24(3)21-44(37,41)38-34(40)26-12-16-33-31(19-26)39(20-27-11-14-29(27)32(6-2)42-4)22-35(23-43-33)17-8-10-25-18-28(36)13-15-30(25)35/h5-7,12-13,15-16,18-19,24,27,29,32H,2,8-11,14,17,20-23H2,1,3-4H3,(H2,37,38,40,41)/b7-5+/t24-,27-,29+,32-,35-,44?/m0/s1. The van der Waals surface area contributed by atoms with Gasteiger partial charge in [-0.1, -0.05) is 42.8 Å². The highest BCUT2D eigenvalue weighted by atomic mass is 35.5. The summed E-state index contributed by atoms with van der Waals surface area (Å²) in [5, 5.41) is 6.83. The second kappa shape index (κ2) is 13.8. The predicted molar refractivity (Wildman–Crippen MR) is 180 cm³/mol. The van der Waals surface area contributed by atoms with Crippen molar-refractivity contribution in [3.05, 3.63) is 82.9 Å². The summed E-state index contributed by atoms with van der Waals surface area (Å²) >= 11 is 6.41. The molecule has 0 radical (unpaired) electrons. The topological polar surface area (TPSA) is 94.2 Å². The highest BCUT2D eigenvalue weighted by molar-refractivity contribution is 7.91. The molecule has 44 heavy (non-hydrogen) atoms. The fraction of sp³-hybridized carbons (Fsp3) is 0.514. The summed E-state index contributed by atoms with van der Waals surface area (Å²) in [5.41, 5.74) is 3.56. The molecule has 6 atom stereocenters. The lowest BCUT2D eigenvalue weighted by molar-refractivity contribution is 0.0135. The minimum atomic E-state index is -3.18. The molecular formula is C35H46ClN3O4S. The summed E-state index contributed by atoms with van der Waals surface area (Å²) in [6, 6.07) is 11.6. The zero-order valence-electron chi connectivity index (χ0n) is 26.2. The van der Waals surface area contributed by atoms with E-state index < -0.39 is 15.8 Å². The number of halogens is 1. The Labute approximate surface area is 268 Å². The van der Waals surface area contributed by atoms with E-state index in [9.17, 15) is 9.00 Å². The van der Waals surface area contributed by atoms with Gasteiger partial charge in [-0.05, 0) is 105 Å². The largest absolute Gasteiger partial charge is 0.490 e. The van der Waals surface area contributed by atoms with E-state index in [0.717, 1.165) is 68.1 Å². The Bertz CT molecular complexity index is 1530. The molecule has 3 aliphatic rings. The number of ether oxygens (including phenoxy) is 2. The summed E-state index contributed by atoms with van der Waals surface area (Å²) in [6.07, 6.45) is 11.8. The number of methoxy groups -OCH3 is 1. The number of hydrogen-bond donors (Lipinski definition) is 1. The maximum Gasteiger partial charge on any atom is 0.286 e. The molecule has 2 aromatic rings. The third-order valence-electron chi connectivity index (χ3n) is 9.68. The molecule has 1 heterocycles. The molecule has 0 bridgehead atoms. The highest BCUT2D eigenvalue weighted by Crippen LogP contribution is 2.47. The van der Waals surface area contributed by atoms with Gasteiger partial charge in [-0.25, -0.2) is 9.35 Å². The predicted octanol–water partition coefficient (Wildman–Crippen LogP) is 7.12. The van der Waals surface area contributed by atoms with Gasteiger partial charge < -0.3 is 14.4 Å². The molecule has 1 aliphatic heterocycles. The first-order valence-electron chi connectivity index (χ1n) is 15.7. The molecule has 9 heteroatoms. The van der Waals surface area contributed by atoms with E-state index in [-0.39, 0.29) is 23.2 Å². The van der Waals surface area contributed by atoms with Crippen LogP contribution >= 0.6 is 11.6 Å². The molecular weight excluding hydrogens is 594 g/mol. The Morgan fingerprint density at radius 2 is 2.14 bits per heavy atom. The smallest absolute Gasteiger partial charge is 0.286 e. The van der Waals surface area contributed by atoms with Crippen LogP contribution < -0.4 is 14.8 Å². The summed E-state index contributed by atoms with van der Waals surface area (Å²) in [7, 11) is -1.44. The summed E-state index contributed by atoms with van der Waals surface area (Å²) in [4.78, 5) is 15.8. The first-order chi connectivity index (χ1) is 21.1. The van der Waals surface area contributed by atoms with Crippen LogP contribution in [-0.4, -0.2) is 48.8 Å². The first-order valence-corrected chi connectivity index (χ1v) is 17.8. The van der Waals surface area contributed by atoms with Crippen molar-refractivity contribution in [1.29, 1.82) is 0 Å². The monoisotopic (exact) mass is 639 g/mol. The molecule has 1 saturated carbocycles. The quantitative estimate of drug-likeness (QED) is 0.279. The van der Waals surface area contributed by atoms with E-state index in [4.69, 9.17) is 26.2 Å². The van der Waals surface area contributed by atoms with Crippen LogP contribution in [0.2, 0.25) is 5.02 Å². The average molecular weight is 640 g/mol. The van der Waals surface area contributed by atoms with Crippen molar-refractivity contribution in [2.45, 2.75) is 63.9 Å². The Morgan fingerprint density at radius 3 is 2.84 bits per heavy atom. The lowest BCUT2D eigenvalue weighted by Gasteiger charge is -2.46. The van der Waals surface area contributed by atoms with Gasteiger partial charge in [0, 0.05) is 42.0 Å². The summed E-state index contributed by atoms with van der Waals surface area (Å²) in [5.74, 6) is 1.15. The second-order valence-corrected chi connectivity index (χ2v) is 15.2. The molecule has 0 saturated heterocycles. The van der Waals surface area contributed by atoms with Crippen LogP contribution in [0, 0.1) is 17.8 Å². The lowest BCUT2D eigenvalue weighted by Crippen LogP contribution is -2.49. The molecule has 0 aromatic heterocycles. The molecule has 238 valence electrons. The third-order valence-corrected chi connectivity index (χ3v) is 11.4. The number of hydrogen-bond acceptors (Lipinski definition) is 5. The molecule has 2 aromatic carbocycles. The maximum atomic E-state index is 13.4. The number of anilines is 1. The van der Waals surface area contributed by atoms with Crippen LogP contribution in [-0.2, 0) is 26.5 Å². The number of rotatable bonds is 10. The van der Waals surface area contributed by atoms with Gasteiger partial charge in [0.15, 0.2) is 0 Å². The Hall–Kier alpha value is -2.65. The van der Waals surface area contributed by atoms with E-state index >= 15 is 0 Å². The van der Waals surface area contributed by atoms with Crippen molar-refractivity contribution < 1.29 is 18.5 Å². The SMILES string of the molecule is C=C[C@H](OC)[C@@H]1CC[C@H]1CN1C[C@@]2(CCCc3cc(Cl)ccc32)COc2ccc(C(=O)N=S(N)(=O)C[C@@H](C)C/C=C/C)cc21. The molecule has 1 unspecified atom stereocenters. The van der Waals surface area contributed by atoms with Crippen molar-refractivity contribution in [1.82, 2.24) is 0 Å². The second-order valence-electron chi connectivity index (χ2n) is 12.9. The van der Waals surface area contributed by atoms with E-state index in [1.165, 1.54) is 11.1 Å². The van der Waals surface area contributed by atoms with E-state index in [1.807, 2.05) is 50.3 Å². The molecule has 1 spiro atoms. The van der Waals surface area contributed by atoms with E-state index in [0.29, 0.717) is 24.0 Å².